The molecule has 0 radical (unpaired) electrons. The third-order valence-electron chi connectivity index (χ3n) is 7.24. The van der Waals surface area contributed by atoms with E-state index >= 15 is 0 Å². The van der Waals surface area contributed by atoms with Crippen molar-refractivity contribution in [2.24, 2.45) is 5.92 Å². The van der Waals surface area contributed by atoms with Crippen LogP contribution >= 0.6 is 11.6 Å². The fourth-order valence-corrected chi connectivity index (χ4v) is 5.24. The Balaban J connectivity index is 1.44. The number of nitrogens with zero attached hydrogens (tertiary/aromatic N) is 7. The van der Waals surface area contributed by atoms with Crippen molar-refractivity contribution < 1.29 is 9.18 Å². The molecule has 5 aromatic rings. The predicted molar refractivity (Wildman–Crippen MR) is 151 cm³/mol. The molecule has 1 amide bonds. The number of halogens is 2. The van der Waals surface area contributed by atoms with Gasteiger partial charge in [-0.05, 0) is 77.4 Å². The Bertz CT molecular complexity index is 1810. The predicted octanol–water partition coefficient (Wildman–Crippen LogP) is 5.09. The van der Waals surface area contributed by atoms with E-state index in [9.17, 15) is 14.0 Å². The number of carbonyl (C=O) groups is 1. The quantitative estimate of drug-likeness (QED) is 0.321. The number of tetrazole rings is 1. The summed E-state index contributed by atoms with van der Waals surface area (Å²) in [5.74, 6) is -0.859. The van der Waals surface area contributed by atoms with Crippen LogP contribution in [0, 0.1) is 11.7 Å². The largest absolute Gasteiger partial charge is 0.325 e. The molecule has 12 heteroatoms. The van der Waals surface area contributed by atoms with Crippen molar-refractivity contribution in [2.75, 3.05) is 5.32 Å². The molecule has 0 saturated carbocycles. The van der Waals surface area contributed by atoms with Gasteiger partial charge in [-0.2, -0.15) is 4.68 Å². The molecule has 0 spiro atoms. The lowest BCUT2D eigenvalue weighted by Crippen LogP contribution is -2.27. The van der Waals surface area contributed by atoms with Crippen LogP contribution in [-0.4, -0.2) is 40.6 Å². The number of pyridine rings is 1. The van der Waals surface area contributed by atoms with E-state index in [-0.39, 0.29) is 17.4 Å². The summed E-state index contributed by atoms with van der Waals surface area (Å²) >= 11 is 6.28. The molecule has 1 N–H and O–H groups in total. The molecule has 1 aliphatic rings. The average Bonchev–Trinajstić information content (AvgIpc) is 3.51. The maximum atomic E-state index is 14.3. The van der Waals surface area contributed by atoms with Gasteiger partial charge in [0.05, 0.1) is 29.4 Å². The highest BCUT2D eigenvalue weighted by molar-refractivity contribution is 6.31. The van der Waals surface area contributed by atoms with Crippen molar-refractivity contribution >= 4 is 23.2 Å². The van der Waals surface area contributed by atoms with Gasteiger partial charge in [0, 0.05) is 40.0 Å². The summed E-state index contributed by atoms with van der Waals surface area (Å²) < 4.78 is 17.3. The lowest BCUT2D eigenvalue weighted by molar-refractivity contribution is -0.119. The van der Waals surface area contributed by atoms with Crippen molar-refractivity contribution in [1.82, 2.24) is 34.7 Å². The molecule has 41 heavy (non-hydrogen) atoms. The van der Waals surface area contributed by atoms with Crippen molar-refractivity contribution in [3.63, 3.8) is 0 Å². The molecule has 4 heterocycles. The fourth-order valence-electron chi connectivity index (χ4n) is 5.07. The van der Waals surface area contributed by atoms with Gasteiger partial charge in [0.1, 0.15) is 12.1 Å². The van der Waals surface area contributed by atoms with E-state index < -0.39 is 11.9 Å². The second kappa shape index (κ2) is 11.0. The maximum Gasteiger partial charge on any atom is 0.254 e. The van der Waals surface area contributed by atoms with Crippen molar-refractivity contribution in [3.8, 4) is 28.1 Å². The maximum absolute atomic E-state index is 14.3. The van der Waals surface area contributed by atoms with Gasteiger partial charge in [0.2, 0.25) is 5.91 Å². The smallest absolute Gasteiger partial charge is 0.254 e. The average molecular weight is 571 g/mol. The number of anilines is 1. The lowest BCUT2D eigenvalue weighted by Gasteiger charge is -2.23. The van der Waals surface area contributed by atoms with Crippen molar-refractivity contribution in [2.45, 2.75) is 32.2 Å². The fraction of sp³-hybridized carbons (Fsp3) is 0.207. The van der Waals surface area contributed by atoms with Crippen molar-refractivity contribution in [3.05, 3.63) is 100 Å². The summed E-state index contributed by atoms with van der Waals surface area (Å²) in [6.45, 7) is 1.85. The highest BCUT2D eigenvalue weighted by atomic mass is 35.5. The molecule has 0 aliphatic carbocycles. The molecular formula is C29H24ClFN8O2. The van der Waals surface area contributed by atoms with Crippen LogP contribution in [-0.2, 0) is 4.79 Å². The molecule has 6 rings (SSSR count). The molecule has 0 saturated heterocycles. The molecule has 2 unspecified atom stereocenters. The zero-order chi connectivity index (χ0) is 28.5. The minimum atomic E-state index is -0.464. The first-order valence-electron chi connectivity index (χ1n) is 13.1. The number of aromatic nitrogens is 7. The van der Waals surface area contributed by atoms with Crippen LogP contribution in [0.3, 0.4) is 0 Å². The minimum Gasteiger partial charge on any atom is -0.325 e. The summed E-state index contributed by atoms with van der Waals surface area (Å²) in [6.07, 6.45) is 6.36. The summed E-state index contributed by atoms with van der Waals surface area (Å²) in [7, 11) is 0. The Kier molecular flexibility index (Phi) is 7.10. The van der Waals surface area contributed by atoms with Crippen LogP contribution in [0.1, 0.15) is 37.9 Å². The number of rotatable bonds is 3. The van der Waals surface area contributed by atoms with Crippen LogP contribution < -0.4 is 10.9 Å². The first kappa shape index (κ1) is 26.5. The van der Waals surface area contributed by atoms with Gasteiger partial charge in [-0.3, -0.25) is 19.1 Å². The van der Waals surface area contributed by atoms with E-state index in [4.69, 9.17) is 11.6 Å². The number of amides is 1. The van der Waals surface area contributed by atoms with E-state index in [1.165, 1.54) is 35.5 Å². The monoisotopic (exact) mass is 570 g/mol. The summed E-state index contributed by atoms with van der Waals surface area (Å²) in [5, 5.41) is 14.8. The van der Waals surface area contributed by atoms with Gasteiger partial charge >= 0.3 is 0 Å². The van der Waals surface area contributed by atoms with Gasteiger partial charge in [0.15, 0.2) is 0 Å². The molecule has 3 aromatic heterocycles. The second-order valence-electron chi connectivity index (χ2n) is 9.93. The Hall–Kier alpha value is -4.77. The van der Waals surface area contributed by atoms with Crippen LogP contribution in [0.4, 0.5) is 10.1 Å². The topological polar surface area (TPSA) is 120 Å². The van der Waals surface area contributed by atoms with Crippen LogP contribution in [0.5, 0.6) is 0 Å². The third-order valence-corrected chi connectivity index (χ3v) is 7.47. The zero-order valence-corrected chi connectivity index (χ0v) is 22.7. The number of hydrogen-bond donors (Lipinski definition) is 1. The molecule has 2 bridgehead atoms. The Morgan fingerprint density at radius 3 is 2.66 bits per heavy atom. The standard InChI is InChI=1S/C29H24ClFN8O2/c1-17-3-2-4-27(25-11-18(9-10-32-25)21-13-20(31)6-7-23(21)35-29(17)41)38-15-33-24(14-28(38)40)22-12-19(30)5-8-26(22)39-16-34-36-37-39/h5-17,27H,2-4H2,1H3,(H,35,41). The Labute approximate surface area is 238 Å². The van der Waals surface area contributed by atoms with Gasteiger partial charge < -0.3 is 5.32 Å². The summed E-state index contributed by atoms with van der Waals surface area (Å²) in [5.41, 5.74) is 3.67. The minimum absolute atomic E-state index is 0.146. The number of fused-ring (bicyclic) bond motifs is 4. The van der Waals surface area contributed by atoms with E-state index in [2.05, 4.69) is 30.8 Å². The summed E-state index contributed by atoms with van der Waals surface area (Å²) in [4.78, 5) is 35.8. The molecular weight excluding hydrogens is 547 g/mol. The van der Waals surface area contributed by atoms with Crippen LogP contribution in [0.2, 0.25) is 5.02 Å². The number of benzene rings is 2. The summed E-state index contributed by atoms with van der Waals surface area (Å²) in [6, 6.07) is 14.0. The van der Waals surface area contributed by atoms with Gasteiger partial charge in [0.25, 0.3) is 5.56 Å². The van der Waals surface area contributed by atoms with Gasteiger partial charge in [-0.25, -0.2) is 9.37 Å². The van der Waals surface area contributed by atoms with E-state index in [0.29, 0.717) is 63.7 Å². The number of carbonyl (C=O) groups excluding carboxylic acids is 1. The lowest BCUT2D eigenvalue weighted by atomic mass is 9.95. The highest BCUT2D eigenvalue weighted by Crippen LogP contribution is 2.34. The SMILES string of the molecule is CC1CCCC(n2cnc(-c3cc(Cl)ccc3-n3cnnn3)cc2=O)c2cc(ccn2)-c2cc(F)ccc2NC1=O. The third kappa shape index (κ3) is 5.36. The molecule has 1 aliphatic heterocycles. The molecule has 206 valence electrons. The van der Waals surface area contributed by atoms with Gasteiger partial charge in [-0.15, -0.1) is 5.10 Å². The Morgan fingerprint density at radius 1 is 0.976 bits per heavy atom. The van der Waals surface area contributed by atoms with Crippen LogP contribution in [0.15, 0.2) is 78.2 Å². The highest BCUT2D eigenvalue weighted by Gasteiger charge is 2.23. The zero-order valence-electron chi connectivity index (χ0n) is 21.9. The second-order valence-corrected chi connectivity index (χ2v) is 10.4. The number of nitrogens with one attached hydrogen (secondary N) is 1. The van der Waals surface area contributed by atoms with E-state index in [0.717, 1.165) is 0 Å². The molecule has 0 fully saturated rings. The van der Waals surface area contributed by atoms with E-state index in [1.54, 1.807) is 41.1 Å². The first-order valence-corrected chi connectivity index (χ1v) is 13.4. The van der Waals surface area contributed by atoms with Crippen molar-refractivity contribution in [1.29, 1.82) is 0 Å². The number of hydrogen-bond acceptors (Lipinski definition) is 7. The Morgan fingerprint density at radius 2 is 1.85 bits per heavy atom. The molecule has 10 nitrogen and oxygen atoms in total. The van der Waals surface area contributed by atoms with Crippen LogP contribution in [0.25, 0.3) is 28.1 Å². The normalized spacial score (nSPS) is 17.2. The van der Waals surface area contributed by atoms with Gasteiger partial charge in [-0.1, -0.05) is 24.9 Å². The molecule has 2 aromatic carbocycles. The first-order chi connectivity index (χ1) is 19.9. The van der Waals surface area contributed by atoms with E-state index in [1.807, 2.05) is 13.0 Å². The molecule has 2 atom stereocenters.